The Bertz CT molecular complexity index is 1260. The number of anilines is 1. The molecule has 1 amide bonds. The second kappa shape index (κ2) is 8.40. The first-order valence-electron chi connectivity index (χ1n) is 10.5. The van der Waals surface area contributed by atoms with Gasteiger partial charge in [-0.25, -0.2) is 13.4 Å². The van der Waals surface area contributed by atoms with Crippen molar-refractivity contribution in [3.05, 3.63) is 64.5 Å². The average molecular weight is 470 g/mol. The van der Waals surface area contributed by atoms with E-state index in [2.05, 4.69) is 16.4 Å². The van der Waals surface area contributed by atoms with Gasteiger partial charge in [-0.3, -0.25) is 10.1 Å². The predicted octanol–water partition coefficient (Wildman–Crippen LogP) is 3.77. The second-order valence-corrected chi connectivity index (χ2v) is 11.2. The van der Waals surface area contributed by atoms with Crippen LogP contribution in [0.2, 0.25) is 0 Å². The van der Waals surface area contributed by atoms with E-state index in [9.17, 15) is 13.2 Å². The fraction of sp³-hybridized carbons (Fsp3) is 0.304. The van der Waals surface area contributed by atoms with Crippen molar-refractivity contribution in [2.45, 2.75) is 30.3 Å². The number of hydrogen-bond donors (Lipinski definition) is 1. The van der Waals surface area contributed by atoms with Crippen molar-refractivity contribution < 1.29 is 17.9 Å². The highest BCUT2D eigenvalue weighted by molar-refractivity contribution is 7.89. The molecule has 1 saturated heterocycles. The van der Waals surface area contributed by atoms with Crippen LogP contribution in [0.3, 0.4) is 0 Å². The van der Waals surface area contributed by atoms with Crippen molar-refractivity contribution >= 4 is 32.4 Å². The maximum atomic E-state index is 12.8. The van der Waals surface area contributed by atoms with Crippen molar-refractivity contribution in [3.8, 4) is 11.3 Å². The van der Waals surface area contributed by atoms with E-state index in [1.807, 2.05) is 18.2 Å². The molecule has 0 bridgehead atoms. The number of ether oxygens (including phenoxy) is 1. The van der Waals surface area contributed by atoms with Crippen LogP contribution in [-0.4, -0.2) is 49.9 Å². The van der Waals surface area contributed by atoms with Gasteiger partial charge in [-0.2, -0.15) is 4.31 Å². The number of aromatic nitrogens is 1. The Balaban J connectivity index is 1.27. The van der Waals surface area contributed by atoms with E-state index in [-0.39, 0.29) is 16.9 Å². The topological polar surface area (TPSA) is 88.6 Å². The average Bonchev–Trinajstić information content (AvgIpc) is 3.50. The molecule has 3 aromatic rings. The van der Waals surface area contributed by atoms with Crippen molar-refractivity contribution in [1.82, 2.24) is 9.29 Å². The summed E-state index contributed by atoms with van der Waals surface area (Å²) in [5.74, 6) is -0.317. The van der Waals surface area contributed by atoms with Crippen LogP contribution in [0.5, 0.6) is 0 Å². The number of likely N-dealkylation sites (N-methyl/N-ethyl adjacent to an activating group) is 1. The zero-order valence-electron chi connectivity index (χ0n) is 17.6. The van der Waals surface area contributed by atoms with Crippen molar-refractivity contribution in [2.24, 2.45) is 0 Å². The van der Waals surface area contributed by atoms with Gasteiger partial charge in [-0.1, -0.05) is 24.3 Å². The Morgan fingerprint density at radius 2 is 2.00 bits per heavy atom. The number of sulfonamides is 1. The summed E-state index contributed by atoms with van der Waals surface area (Å²) in [7, 11) is -2.09. The fourth-order valence-corrected chi connectivity index (χ4v) is 6.31. The highest BCUT2D eigenvalue weighted by atomic mass is 32.2. The number of nitrogens with zero attached hydrogens (tertiary/aromatic N) is 2. The Hall–Kier alpha value is -2.59. The van der Waals surface area contributed by atoms with Crippen LogP contribution >= 0.6 is 11.3 Å². The van der Waals surface area contributed by atoms with E-state index < -0.39 is 10.0 Å². The van der Waals surface area contributed by atoms with Crippen molar-refractivity contribution in [2.75, 3.05) is 25.5 Å². The smallest absolute Gasteiger partial charge is 0.257 e. The highest BCUT2D eigenvalue weighted by Crippen LogP contribution is 2.40. The standard InChI is InChI=1S/C23H23N3O4S2/c1-26(14-17-6-4-12-30-17)32(28,29)18-10-8-15(9-11-18)22(27)25-23-24-21-19-7-3-2-5-16(19)13-20(21)31-23/h2-3,5,7-11,17H,4,6,12-14H2,1H3,(H,24,25,27). The van der Waals surface area contributed by atoms with Crippen LogP contribution in [0, 0.1) is 0 Å². The molecular formula is C23H23N3O4S2. The van der Waals surface area contributed by atoms with Crippen LogP contribution in [-0.2, 0) is 21.2 Å². The molecule has 32 heavy (non-hydrogen) atoms. The van der Waals surface area contributed by atoms with E-state index >= 15 is 0 Å². The van der Waals surface area contributed by atoms with Gasteiger partial charge >= 0.3 is 0 Å². The molecule has 2 heterocycles. The number of amides is 1. The molecule has 2 aromatic carbocycles. The predicted molar refractivity (Wildman–Crippen MR) is 124 cm³/mol. The van der Waals surface area contributed by atoms with Gasteiger partial charge in [0.15, 0.2) is 5.13 Å². The molecule has 0 radical (unpaired) electrons. The molecule has 1 aliphatic carbocycles. The molecule has 1 unspecified atom stereocenters. The fourth-order valence-electron chi connectivity index (χ4n) is 4.11. The van der Waals surface area contributed by atoms with E-state index in [0.717, 1.165) is 35.4 Å². The molecule has 5 rings (SSSR count). The van der Waals surface area contributed by atoms with Gasteiger partial charge in [0.2, 0.25) is 10.0 Å². The number of carbonyl (C=O) groups excluding carboxylic acids is 1. The number of carbonyl (C=O) groups is 1. The van der Waals surface area contributed by atoms with Gasteiger partial charge in [-0.05, 0) is 42.7 Å². The molecule has 1 atom stereocenters. The molecule has 1 N–H and O–H groups in total. The van der Waals surface area contributed by atoms with Crippen LogP contribution in [0.15, 0.2) is 53.4 Å². The monoisotopic (exact) mass is 469 g/mol. The Kier molecular flexibility index (Phi) is 5.58. The molecule has 0 saturated carbocycles. The first-order chi connectivity index (χ1) is 15.4. The number of fused-ring (bicyclic) bond motifs is 3. The normalized spacial score (nSPS) is 17.4. The van der Waals surface area contributed by atoms with E-state index in [4.69, 9.17) is 4.74 Å². The zero-order chi connectivity index (χ0) is 22.3. The summed E-state index contributed by atoms with van der Waals surface area (Å²) in [5.41, 5.74) is 3.67. The molecule has 166 valence electrons. The largest absolute Gasteiger partial charge is 0.377 e. The summed E-state index contributed by atoms with van der Waals surface area (Å²) in [6.07, 6.45) is 2.58. The lowest BCUT2D eigenvalue weighted by molar-refractivity contribution is 0.0979. The lowest BCUT2D eigenvalue weighted by atomic mass is 10.1. The third-order valence-corrected chi connectivity index (χ3v) is 8.66. The van der Waals surface area contributed by atoms with E-state index in [1.165, 1.54) is 45.5 Å². The summed E-state index contributed by atoms with van der Waals surface area (Å²) < 4.78 is 32.5. The minimum Gasteiger partial charge on any atom is -0.377 e. The molecule has 1 aliphatic heterocycles. The van der Waals surface area contributed by atoms with Crippen LogP contribution in [0.1, 0.15) is 33.6 Å². The van der Waals surface area contributed by atoms with Crippen molar-refractivity contribution in [3.63, 3.8) is 0 Å². The summed E-state index contributed by atoms with van der Waals surface area (Å²) in [5, 5.41) is 3.38. The Morgan fingerprint density at radius 3 is 2.75 bits per heavy atom. The maximum absolute atomic E-state index is 12.8. The Morgan fingerprint density at radius 1 is 1.22 bits per heavy atom. The molecule has 1 fully saturated rings. The molecule has 0 spiro atoms. The maximum Gasteiger partial charge on any atom is 0.257 e. The van der Waals surface area contributed by atoms with Gasteiger partial charge in [0.1, 0.15) is 0 Å². The van der Waals surface area contributed by atoms with E-state index in [1.54, 1.807) is 7.05 Å². The third-order valence-electron chi connectivity index (χ3n) is 5.85. The molecule has 9 heteroatoms. The van der Waals surface area contributed by atoms with Gasteiger partial charge in [-0.15, -0.1) is 11.3 Å². The van der Waals surface area contributed by atoms with Crippen LogP contribution in [0.25, 0.3) is 11.3 Å². The molecule has 1 aromatic heterocycles. The number of hydrogen-bond acceptors (Lipinski definition) is 6. The first kappa shape index (κ1) is 21.3. The third kappa shape index (κ3) is 3.97. The number of rotatable bonds is 6. The lowest BCUT2D eigenvalue weighted by Gasteiger charge is -2.20. The summed E-state index contributed by atoms with van der Waals surface area (Å²) in [6, 6.07) is 14.1. The van der Waals surface area contributed by atoms with Crippen LogP contribution in [0.4, 0.5) is 5.13 Å². The summed E-state index contributed by atoms with van der Waals surface area (Å²) >= 11 is 1.47. The quantitative estimate of drug-likeness (QED) is 0.464. The number of nitrogens with one attached hydrogen (secondary N) is 1. The summed E-state index contributed by atoms with van der Waals surface area (Å²) in [4.78, 5) is 18.6. The summed E-state index contributed by atoms with van der Waals surface area (Å²) in [6.45, 7) is 0.999. The van der Waals surface area contributed by atoms with Gasteiger partial charge in [0.05, 0.1) is 16.7 Å². The first-order valence-corrected chi connectivity index (χ1v) is 12.7. The lowest BCUT2D eigenvalue weighted by Crippen LogP contribution is -2.34. The minimum absolute atomic E-state index is 0.0632. The molecule has 2 aliphatic rings. The van der Waals surface area contributed by atoms with Crippen molar-refractivity contribution in [1.29, 1.82) is 0 Å². The van der Waals surface area contributed by atoms with Gasteiger partial charge in [0.25, 0.3) is 5.91 Å². The van der Waals surface area contributed by atoms with Gasteiger partial charge in [0, 0.05) is 42.6 Å². The number of thiazole rings is 1. The highest BCUT2D eigenvalue weighted by Gasteiger charge is 2.27. The second-order valence-electron chi connectivity index (χ2n) is 8.02. The Labute approximate surface area is 191 Å². The number of benzene rings is 2. The minimum atomic E-state index is -3.64. The van der Waals surface area contributed by atoms with Crippen LogP contribution < -0.4 is 5.32 Å². The zero-order valence-corrected chi connectivity index (χ0v) is 19.2. The molecular weight excluding hydrogens is 446 g/mol. The molecule has 7 nitrogen and oxygen atoms in total. The van der Waals surface area contributed by atoms with E-state index in [0.29, 0.717) is 23.8 Å². The van der Waals surface area contributed by atoms with Gasteiger partial charge < -0.3 is 4.74 Å². The SMILES string of the molecule is CN(CC1CCCO1)S(=O)(=O)c1ccc(C(=O)Nc2nc3c(s2)Cc2ccccc2-3)cc1.